The first kappa shape index (κ1) is 16.7. The van der Waals surface area contributed by atoms with E-state index in [1.165, 1.54) is 5.56 Å². The van der Waals surface area contributed by atoms with Crippen molar-refractivity contribution in [3.63, 3.8) is 0 Å². The lowest BCUT2D eigenvalue weighted by atomic mass is 9.94. The number of benzene rings is 1. The Morgan fingerprint density at radius 1 is 1.20 bits per heavy atom. The van der Waals surface area contributed by atoms with Gasteiger partial charge in [-0.15, -0.1) is 0 Å². The molecule has 0 aromatic heterocycles. The topological polar surface area (TPSA) is 40.5 Å². The van der Waals surface area contributed by atoms with Crippen LogP contribution >= 0.6 is 0 Å². The Morgan fingerprint density at radius 2 is 1.80 bits per heavy atom. The number of hydrogen-bond donors (Lipinski definition) is 1. The number of carboxylic acid groups (broad SMARTS) is 1. The van der Waals surface area contributed by atoms with Crippen molar-refractivity contribution in [2.75, 3.05) is 6.54 Å². The van der Waals surface area contributed by atoms with Gasteiger partial charge in [0.2, 0.25) is 0 Å². The monoisotopic (exact) mass is 277 g/mol. The van der Waals surface area contributed by atoms with Crippen molar-refractivity contribution >= 4 is 5.97 Å². The first-order valence-electron chi connectivity index (χ1n) is 7.48. The molecule has 2 atom stereocenters. The van der Waals surface area contributed by atoms with Crippen LogP contribution in [0.1, 0.15) is 52.1 Å². The number of carbonyl (C=O) groups is 1. The van der Waals surface area contributed by atoms with Gasteiger partial charge in [0, 0.05) is 12.1 Å². The second-order valence-electron chi connectivity index (χ2n) is 5.83. The summed E-state index contributed by atoms with van der Waals surface area (Å²) in [6.07, 6.45) is 1.23. The largest absolute Gasteiger partial charge is 0.481 e. The second kappa shape index (κ2) is 8.05. The Bertz CT molecular complexity index is 403. The van der Waals surface area contributed by atoms with Crippen LogP contribution in [0.4, 0.5) is 0 Å². The minimum Gasteiger partial charge on any atom is -0.481 e. The van der Waals surface area contributed by atoms with Crippen LogP contribution in [0, 0.1) is 5.92 Å². The second-order valence-corrected chi connectivity index (χ2v) is 5.83. The molecule has 0 amide bonds. The SMILES string of the molecule is CCN(C(C)CC(=O)O)C(CC(C)C)c1ccccc1. The highest BCUT2D eigenvalue weighted by Crippen LogP contribution is 2.30. The molecule has 0 aliphatic heterocycles. The zero-order chi connectivity index (χ0) is 15.1. The predicted octanol–water partition coefficient (Wildman–Crippen LogP) is 3.96. The maximum atomic E-state index is 11.0. The molecule has 1 aromatic carbocycles. The van der Waals surface area contributed by atoms with E-state index in [0.717, 1.165) is 13.0 Å². The van der Waals surface area contributed by atoms with Crippen LogP contribution in [0.2, 0.25) is 0 Å². The van der Waals surface area contributed by atoms with E-state index in [9.17, 15) is 4.79 Å². The summed E-state index contributed by atoms with van der Waals surface area (Å²) < 4.78 is 0. The van der Waals surface area contributed by atoms with Crippen LogP contribution in [0.25, 0.3) is 0 Å². The highest BCUT2D eigenvalue weighted by molar-refractivity contribution is 5.67. The van der Waals surface area contributed by atoms with Crippen LogP contribution in [0.15, 0.2) is 30.3 Å². The molecule has 1 N–H and O–H groups in total. The molecule has 0 aliphatic rings. The summed E-state index contributed by atoms with van der Waals surface area (Å²) in [6, 6.07) is 10.7. The van der Waals surface area contributed by atoms with E-state index in [4.69, 9.17) is 5.11 Å². The molecule has 0 spiro atoms. The summed E-state index contributed by atoms with van der Waals surface area (Å²) in [6.45, 7) is 9.40. The number of hydrogen-bond acceptors (Lipinski definition) is 2. The lowest BCUT2D eigenvalue weighted by molar-refractivity contribution is -0.138. The van der Waals surface area contributed by atoms with Crippen LogP contribution in [-0.2, 0) is 4.79 Å². The Hall–Kier alpha value is -1.35. The zero-order valence-electron chi connectivity index (χ0n) is 13.0. The highest BCUT2D eigenvalue weighted by Gasteiger charge is 2.25. The molecule has 0 aliphatic carbocycles. The standard InChI is InChI=1S/C17H27NO2/c1-5-18(14(4)12-17(19)20)16(11-13(2)3)15-9-7-6-8-10-15/h6-10,13-14,16H,5,11-12H2,1-4H3,(H,19,20). The molecule has 1 aromatic rings. The van der Waals surface area contributed by atoms with Crippen molar-refractivity contribution in [1.29, 1.82) is 0 Å². The Labute approximate surface area is 122 Å². The summed E-state index contributed by atoms with van der Waals surface area (Å²) in [5, 5.41) is 9.04. The van der Waals surface area contributed by atoms with Gasteiger partial charge in [0.15, 0.2) is 0 Å². The first-order valence-corrected chi connectivity index (χ1v) is 7.48. The van der Waals surface area contributed by atoms with Gasteiger partial charge in [0.25, 0.3) is 0 Å². The van der Waals surface area contributed by atoms with Crippen LogP contribution in [0.3, 0.4) is 0 Å². The molecule has 1 rings (SSSR count). The van der Waals surface area contributed by atoms with Crippen molar-refractivity contribution in [2.45, 2.75) is 52.6 Å². The number of aliphatic carboxylic acids is 1. The molecule has 0 heterocycles. The third-order valence-electron chi connectivity index (χ3n) is 3.68. The molecular formula is C17H27NO2. The van der Waals surface area contributed by atoms with Crippen molar-refractivity contribution in [3.8, 4) is 0 Å². The molecule has 3 nitrogen and oxygen atoms in total. The highest BCUT2D eigenvalue weighted by atomic mass is 16.4. The van der Waals surface area contributed by atoms with E-state index in [1.54, 1.807) is 0 Å². The predicted molar refractivity (Wildman–Crippen MR) is 82.7 cm³/mol. The minimum absolute atomic E-state index is 0.0430. The van der Waals surface area contributed by atoms with Crippen molar-refractivity contribution in [2.24, 2.45) is 5.92 Å². The van der Waals surface area contributed by atoms with E-state index in [0.29, 0.717) is 5.92 Å². The molecule has 3 heteroatoms. The van der Waals surface area contributed by atoms with Gasteiger partial charge in [-0.3, -0.25) is 9.69 Å². The molecule has 0 radical (unpaired) electrons. The van der Waals surface area contributed by atoms with Gasteiger partial charge < -0.3 is 5.11 Å². The lowest BCUT2D eigenvalue weighted by Crippen LogP contribution is -2.38. The molecule has 2 unspecified atom stereocenters. The normalized spacial score (nSPS) is 14.5. The molecule has 112 valence electrons. The Kier molecular flexibility index (Phi) is 6.73. The fourth-order valence-electron chi connectivity index (χ4n) is 2.79. The summed E-state index contributed by atoms with van der Waals surface area (Å²) >= 11 is 0. The van der Waals surface area contributed by atoms with Crippen molar-refractivity contribution < 1.29 is 9.90 Å². The van der Waals surface area contributed by atoms with Gasteiger partial charge in [-0.2, -0.15) is 0 Å². The van der Waals surface area contributed by atoms with Gasteiger partial charge in [0.1, 0.15) is 0 Å². The third-order valence-corrected chi connectivity index (χ3v) is 3.68. The van der Waals surface area contributed by atoms with Gasteiger partial charge >= 0.3 is 5.97 Å². The van der Waals surface area contributed by atoms with E-state index in [1.807, 2.05) is 13.0 Å². The van der Waals surface area contributed by atoms with Gasteiger partial charge in [-0.25, -0.2) is 0 Å². The smallest absolute Gasteiger partial charge is 0.304 e. The van der Waals surface area contributed by atoms with E-state index >= 15 is 0 Å². The maximum absolute atomic E-state index is 11.0. The fourth-order valence-corrected chi connectivity index (χ4v) is 2.79. The van der Waals surface area contributed by atoms with E-state index < -0.39 is 5.97 Å². The zero-order valence-corrected chi connectivity index (χ0v) is 13.0. The van der Waals surface area contributed by atoms with Crippen molar-refractivity contribution in [3.05, 3.63) is 35.9 Å². The maximum Gasteiger partial charge on any atom is 0.304 e. The average Bonchev–Trinajstić information content (AvgIpc) is 2.38. The summed E-state index contributed by atoms with van der Waals surface area (Å²) in [7, 11) is 0. The van der Waals surface area contributed by atoms with Crippen LogP contribution in [0.5, 0.6) is 0 Å². The van der Waals surface area contributed by atoms with Gasteiger partial charge in [-0.05, 0) is 31.4 Å². The fraction of sp³-hybridized carbons (Fsp3) is 0.588. The summed E-state index contributed by atoms with van der Waals surface area (Å²) in [4.78, 5) is 13.3. The molecule has 0 fully saturated rings. The molecule has 0 bridgehead atoms. The summed E-state index contributed by atoms with van der Waals surface area (Å²) in [5.74, 6) is -0.154. The number of nitrogens with zero attached hydrogens (tertiary/aromatic N) is 1. The minimum atomic E-state index is -0.729. The van der Waals surface area contributed by atoms with Crippen LogP contribution in [-0.4, -0.2) is 28.6 Å². The first-order chi connectivity index (χ1) is 9.45. The Balaban J connectivity index is 2.98. The molecule has 0 saturated carbocycles. The Morgan fingerprint density at radius 3 is 2.25 bits per heavy atom. The molecular weight excluding hydrogens is 250 g/mol. The number of rotatable bonds is 8. The summed E-state index contributed by atoms with van der Waals surface area (Å²) in [5.41, 5.74) is 1.28. The van der Waals surface area contributed by atoms with E-state index in [-0.39, 0.29) is 18.5 Å². The quantitative estimate of drug-likeness (QED) is 0.782. The van der Waals surface area contributed by atoms with Crippen LogP contribution < -0.4 is 0 Å². The molecule has 0 saturated heterocycles. The average molecular weight is 277 g/mol. The third kappa shape index (κ3) is 4.97. The van der Waals surface area contributed by atoms with E-state index in [2.05, 4.69) is 49.9 Å². The number of carboxylic acids is 1. The lowest BCUT2D eigenvalue weighted by Gasteiger charge is -2.36. The molecule has 20 heavy (non-hydrogen) atoms. The van der Waals surface area contributed by atoms with Gasteiger partial charge in [-0.1, -0.05) is 51.1 Å². The van der Waals surface area contributed by atoms with Crippen molar-refractivity contribution in [1.82, 2.24) is 4.90 Å². The van der Waals surface area contributed by atoms with Gasteiger partial charge in [0.05, 0.1) is 6.42 Å².